The van der Waals surface area contributed by atoms with Crippen molar-refractivity contribution in [3.05, 3.63) is 79.2 Å². The molecule has 0 aliphatic heterocycles. The average molecular weight is 303 g/mol. The summed E-state index contributed by atoms with van der Waals surface area (Å²) in [4.78, 5) is 16.3. The predicted molar refractivity (Wildman–Crippen MR) is 93.2 cm³/mol. The van der Waals surface area contributed by atoms with E-state index in [0.717, 1.165) is 22.6 Å². The van der Waals surface area contributed by atoms with Crippen molar-refractivity contribution in [1.29, 1.82) is 0 Å². The number of pyridine rings is 1. The van der Waals surface area contributed by atoms with E-state index in [2.05, 4.69) is 10.3 Å². The highest BCUT2D eigenvalue weighted by atomic mass is 16.1. The Morgan fingerprint density at radius 3 is 2.70 bits per heavy atom. The second-order valence-electron chi connectivity index (χ2n) is 5.04. The lowest BCUT2D eigenvalue weighted by Gasteiger charge is -2.03. The summed E-state index contributed by atoms with van der Waals surface area (Å²) < 4.78 is 1.98. The van der Waals surface area contributed by atoms with E-state index in [4.69, 9.17) is 0 Å². The lowest BCUT2D eigenvalue weighted by Crippen LogP contribution is -2.07. The normalized spacial score (nSPS) is 11.5. The number of allylic oxidation sites excluding steroid dienone is 3. The van der Waals surface area contributed by atoms with E-state index in [1.807, 2.05) is 78.3 Å². The molecule has 0 saturated heterocycles. The Morgan fingerprint density at radius 2 is 1.96 bits per heavy atom. The van der Waals surface area contributed by atoms with Crippen LogP contribution in [0.15, 0.2) is 79.2 Å². The Hall–Kier alpha value is -3.14. The number of benzene rings is 1. The zero-order valence-corrected chi connectivity index (χ0v) is 12.8. The minimum atomic E-state index is -0.149. The first-order valence-corrected chi connectivity index (χ1v) is 7.41. The Bertz CT molecular complexity index is 840. The van der Waals surface area contributed by atoms with Crippen LogP contribution in [0, 0.1) is 0 Å². The van der Waals surface area contributed by atoms with Gasteiger partial charge in [0, 0.05) is 29.7 Å². The summed E-state index contributed by atoms with van der Waals surface area (Å²) in [6, 6.07) is 13.6. The fourth-order valence-electron chi connectivity index (χ4n) is 2.24. The van der Waals surface area contributed by atoms with Gasteiger partial charge in [-0.25, -0.2) is 4.98 Å². The van der Waals surface area contributed by atoms with Gasteiger partial charge in [0.2, 0.25) is 5.91 Å². The first kappa shape index (κ1) is 14.8. The summed E-state index contributed by atoms with van der Waals surface area (Å²) in [5.74, 6) is -0.149. The van der Waals surface area contributed by atoms with Crippen LogP contribution in [0.1, 0.15) is 6.92 Å². The Morgan fingerprint density at radius 1 is 1.13 bits per heavy atom. The molecule has 3 aromatic rings. The van der Waals surface area contributed by atoms with E-state index >= 15 is 0 Å². The topological polar surface area (TPSA) is 46.4 Å². The molecule has 0 aliphatic carbocycles. The number of rotatable bonds is 4. The van der Waals surface area contributed by atoms with Gasteiger partial charge in [-0.1, -0.05) is 36.4 Å². The molecule has 4 heteroatoms. The average Bonchev–Trinajstić information content (AvgIpc) is 3.00. The standard InChI is InChI=1S/C19H17N3O/c1-2-3-4-8-19(23)20-16-11-9-15(10-12-16)17-14-22-13-6-5-7-18(22)21-17/h2-14H,1H3,(H,20,23)/b3-2+,8-4+. The summed E-state index contributed by atoms with van der Waals surface area (Å²) in [6.07, 6.45) is 10.8. The monoisotopic (exact) mass is 303 g/mol. The minimum absolute atomic E-state index is 0.149. The van der Waals surface area contributed by atoms with E-state index in [1.54, 1.807) is 6.08 Å². The lowest BCUT2D eigenvalue weighted by atomic mass is 10.1. The molecule has 23 heavy (non-hydrogen) atoms. The minimum Gasteiger partial charge on any atom is -0.323 e. The van der Waals surface area contributed by atoms with Crippen molar-refractivity contribution in [3.8, 4) is 11.3 Å². The lowest BCUT2D eigenvalue weighted by molar-refractivity contribution is -0.111. The molecule has 1 aromatic carbocycles. The Kier molecular flexibility index (Phi) is 4.34. The molecule has 0 aliphatic rings. The molecule has 0 unspecified atom stereocenters. The maximum Gasteiger partial charge on any atom is 0.248 e. The number of carbonyl (C=O) groups is 1. The van der Waals surface area contributed by atoms with Gasteiger partial charge < -0.3 is 9.72 Å². The summed E-state index contributed by atoms with van der Waals surface area (Å²) in [5.41, 5.74) is 3.58. The number of nitrogens with zero attached hydrogens (tertiary/aromatic N) is 2. The quantitative estimate of drug-likeness (QED) is 0.583. The molecule has 114 valence electrons. The molecule has 0 saturated carbocycles. The highest BCUT2D eigenvalue weighted by molar-refractivity contribution is 5.99. The summed E-state index contributed by atoms with van der Waals surface area (Å²) in [5, 5.41) is 2.82. The van der Waals surface area contributed by atoms with Crippen LogP contribution >= 0.6 is 0 Å². The molecule has 0 radical (unpaired) electrons. The van der Waals surface area contributed by atoms with Crippen LogP contribution in [0.5, 0.6) is 0 Å². The molecule has 3 rings (SSSR count). The number of carbonyl (C=O) groups excluding carboxylic acids is 1. The molecule has 0 fully saturated rings. The highest BCUT2D eigenvalue weighted by Gasteiger charge is 2.04. The molecular formula is C19H17N3O. The number of hydrogen-bond acceptors (Lipinski definition) is 2. The Balaban J connectivity index is 1.75. The van der Waals surface area contributed by atoms with Gasteiger partial charge in [-0.05, 0) is 31.2 Å². The molecule has 1 amide bonds. The Labute approximate surface area is 134 Å². The predicted octanol–water partition coefficient (Wildman–Crippen LogP) is 4.07. The van der Waals surface area contributed by atoms with Crippen molar-refractivity contribution in [2.24, 2.45) is 0 Å². The van der Waals surface area contributed by atoms with Crippen LogP contribution in [-0.2, 0) is 4.79 Å². The second kappa shape index (κ2) is 6.75. The number of imidazole rings is 1. The van der Waals surface area contributed by atoms with Crippen molar-refractivity contribution in [1.82, 2.24) is 9.38 Å². The molecule has 0 atom stereocenters. The second-order valence-corrected chi connectivity index (χ2v) is 5.04. The largest absolute Gasteiger partial charge is 0.323 e. The van der Waals surface area contributed by atoms with Gasteiger partial charge >= 0.3 is 0 Å². The third-order valence-corrected chi connectivity index (χ3v) is 3.36. The number of hydrogen-bond donors (Lipinski definition) is 1. The smallest absolute Gasteiger partial charge is 0.248 e. The van der Waals surface area contributed by atoms with Crippen molar-refractivity contribution >= 4 is 17.2 Å². The molecule has 2 aromatic heterocycles. The fourth-order valence-corrected chi connectivity index (χ4v) is 2.24. The van der Waals surface area contributed by atoms with Crippen LogP contribution in [0.25, 0.3) is 16.9 Å². The van der Waals surface area contributed by atoms with Gasteiger partial charge in [-0.3, -0.25) is 4.79 Å². The molecule has 1 N–H and O–H groups in total. The fraction of sp³-hybridized carbons (Fsp3) is 0.0526. The van der Waals surface area contributed by atoms with E-state index in [-0.39, 0.29) is 5.91 Å². The number of fused-ring (bicyclic) bond motifs is 1. The van der Waals surface area contributed by atoms with Crippen LogP contribution in [0.2, 0.25) is 0 Å². The van der Waals surface area contributed by atoms with Crippen molar-refractivity contribution in [2.45, 2.75) is 6.92 Å². The molecule has 0 spiro atoms. The maximum absolute atomic E-state index is 11.7. The van der Waals surface area contributed by atoms with Crippen LogP contribution in [0.3, 0.4) is 0 Å². The summed E-state index contributed by atoms with van der Waals surface area (Å²) >= 11 is 0. The zero-order chi connectivity index (χ0) is 16.1. The van der Waals surface area contributed by atoms with E-state index < -0.39 is 0 Å². The first-order valence-electron chi connectivity index (χ1n) is 7.41. The van der Waals surface area contributed by atoms with E-state index in [0.29, 0.717) is 0 Å². The number of amides is 1. The van der Waals surface area contributed by atoms with E-state index in [1.165, 1.54) is 6.08 Å². The van der Waals surface area contributed by atoms with Crippen molar-refractivity contribution < 1.29 is 4.79 Å². The molecule has 0 bridgehead atoms. The molecule has 2 heterocycles. The maximum atomic E-state index is 11.7. The number of aromatic nitrogens is 2. The van der Waals surface area contributed by atoms with Crippen molar-refractivity contribution in [3.63, 3.8) is 0 Å². The van der Waals surface area contributed by atoms with Crippen LogP contribution in [0.4, 0.5) is 5.69 Å². The van der Waals surface area contributed by atoms with Crippen molar-refractivity contribution in [2.75, 3.05) is 5.32 Å². The first-order chi connectivity index (χ1) is 11.3. The van der Waals surface area contributed by atoms with Gasteiger partial charge in [0.15, 0.2) is 0 Å². The zero-order valence-electron chi connectivity index (χ0n) is 12.8. The summed E-state index contributed by atoms with van der Waals surface area (Å²) in [6.45, 7) is 1.90. The van der Waals surface area contributed by atoms with Gasteiger partial charge in [0.1, 0.15) is 5.65 Å². The SMILES string of the molecule is C/C=C/C=C/C(=O)Nc1ccc(-c2cn3ccccc3n2)cc1. The van der Waals surface area contributed by atoms with Gasteiger partial charge in [-0.15, -0.1) is 0 Å². The van der Waals surface area contributed by atoms with Crippen LogP contribution in [-0.4, -0.2) is 15.3 Å². The highest BCUT2D eigenvalue weighted by Crippen LogP contribution is 2.21. The molecule has 4 nitrogen and oxygen atoms in total. The number of nitrogens with one attached hydrogen (secondary N) is 1. The third-order valence-electron chi connectivity index (χ3n) is 3.36. The van der Waals surface area contributed by atoms with Crippen LogP contribution < -0.4 is 5.32 Å². The number of anilines is 1. The van der Waals surface area contributed by atoms with E-state index in [9.17, 15) is 4.79 Å². The third kappa shape index (κ3) is 3.55. The van der Waals surface area contributed by atoms with Gasteiger partial charge in [0.05, 0.1) is 5.69 Å². The van der Waals surface area contributed by atoms with Gasteiger partial charge in [-0.2, -0.15) is 0 Å². The van der Waals surface area contributed by atoms with Gasteiger partial charge in [0.25, 0.3) is 0 Å². The molecular weight excluding hydrogens is 286 g/mol. The summed E-state index contributed by atoms with van der Waals surface area (Å²) in [7, 11) is 0.